The maximum absolute atomic E-state index is 11.3. The van der Waals surface area contributed by atoms with Crippen LogP contribution in [0.25, 0.3) is 0 Å². The van der Waals surface area contributed by atoms with Gasteiger partial charge in [0.25, 0.3) is 0 Å². The molecule has 1 fully saturated rings. The van der Waals surface area contributed by atoms with E-state index < -0.39 is 5.60 Å². The van der Waals surface area contributed by atoms with Crippen molar-refractivity contribution in [2.75, 3.05) is 0 Å². The fourth-order valence-corrected chi connectivity index (χ4v) is 3.95. The van der Waals surface area contributed by atoms with Crippen molar-refractivity contribution in [3.8, 4) is 0 Å². The average Bonchev–Trinajstić information content (AvgIpc) is 3.04. The molecule has 2 aromatic rings. The third kappa shape index (κ3) is 3.06. The lowest BCUT2D eigenvalue weighted by atomic mass is 9.73. The number of halogens is 1. The molecule has 2 unspecified atom stereocenters. The largest absolute Gasteiger partial charge is 0.388 e. The lowest BCUT2D eigenvalue weighted by molar-refractivity contribution is -0.0348. The monoisotopic (exact) mass is 318 g/mol. The topological polar surface area (TPSA) is 38.0 Å². The third-order valence-electron chi connectivity index (χ3n) is 5.16. The number of benzene rings is 1. The van der Waals surface area contributed by atoms with E-state index >= 15 is 0 Å². The number of imidazole rings is 1. The minimum atomic E-state index is -0.691. The Hall–Kier alpha value is -1.32. The Balaban J connectivity index is 1.84. The Morgan fingerprint density at radius 3 is 2.64 bits per heavy atom. The van der Waals surface area contributed by atoms with Gasteiger partial charge in [-0.15, -0.1) is 0 Å². The number of hydrogen-bond acceptors (Lipinski definition) is 2. The molecule has 118 valence electrons. The van der Waals surface area contributed by atoms with Crippen molar-refractivity contribution in [3.05, 3.63) is 53.6 Å². The molecule has 4 heteroatoms. The Morgan fingerprint density at radius 2 is 2.00 bits per heavy atom. The van der Waals surface area contributed by atoms with E-state index in [2.05, 4.69) is 31.0 Å². The second-order valence-electron chi connectivity index (χ2n) is 7.21. The SMILES string of the molecule is CC1(C)CCC(O)(Cn2ccnc2)C1Cc1ccc(Cl)cc1. The van der Waals surface area contributed by atoms with E-state index in [0.717, 1.165) is 24.3 Å². The average molecular weight is 319 g/mol. The van der Waals surface area contributed by atoms with Gasteiger partial charge in [-0.05, 0) is 48.3 Å². The molecule has 0 bridgehead atoms. The van der Waals surface area contributed by atoms with Gasteiger partial charge in [0.1, 0.15) is 0 Å². The van der Waals surface area contributed by atoms with Crippen LogP contribution in [-0.2, 0) is 13.0 Å². The Labute approximate surface area is 137 Å². The first-order valence-corrected chi connectivity index (χ1v) is 8.19. The Kier molecular flexibility index (Phi) is 4.04. The van der Waals surface area contributed by atoms with Crippen LogP contribution in [0.1, 0.15) is 32.3 Å². The van der Waals surface area contributed by atoms with E-state index in [4.69, 9.17) is 11.6 Å². The first-order chi connectivity index (χ1) is 10.4. The zero-order valence-corrected chi connectivity index (χ0v) is 13.9. The number of aromatic nitrogens is 2. The molecule has 1 heterocycles. The summed E-state index contributed by atoms with van der Waals surface area (Å²) in [5.41, 5.74) is 0.659. The molecule has 1 saturated carbocycles. The summed E-state index contributed by atoms with van der Waals surface area (Å²) < 4.78 is 1.98. The molecule has 0 saturated heterocycles. The van der Waals surface area contributed by atoms with Gasteiger partial charge < -0.3 is 9.67 Å². The normalized spacial score (nSPS) is 27.2. The number of rotatable bonds is 4. The van der Waals surface area contributed by atoms with Gasteiger partial charge in [0.2, 0.25) is 0 Å². The fraction of sp³-hybridized carbons (Fsp3) is 0.500. The van der Waals surface area contributed by atoms with Crippen LogP contribution in [0.3, 0.4) is 0 Å². The van der Waals surface area contributed by atoms with Crippen molar-refractivity contribution in [3.63, 3.8) is 0 Å². The number of aliphatic hydroxyl groups is 1. The molecule has 1 aliphatic carbocycles. The summed E-state index contributed by atoms with van der Waals surface area (Å²) in [6, 6.07) is 7.98. The molecule has 3 rings (SSSR count). The van der Waals surface area contributed by atoms with Crippen LogP contribution in [0.15, 0.2) is 43.0 Å². The summed E-state index contributed by atoms with van der Waals surface area (Å²) in [5.74, 6) is 0.212. The van der Waals surface area contributed by atoms with E-state index in [-0.39, 0.29) is 11.3 Å². The minimum Gasteiger partial charge on any atom is -0.388 e. The molecule has 1 aromatic heterocycles. The molecule has 22 heavy (non-hydrogen) atoms. The van der Waals surface area contributed by atoms with Crippen molar-refractivity contribution >= 4 is 11.6 Å². The maximum atomic E-state index is 11.3. The van der Waals surface area contributed by atoms with Crippen molar-refractivity contribution in [1.29, 1.82) is 0 Å². The highest BCUT2D eigenvalue weighted by molar-refractivity contribution is 6.30. The van der Waals surface area contributed by atoms with Crippen LogP contribution in [0.5, 0.6) is 0 Å². The highest BCUT2D eigenvalue weighted by atomic mass is 35.5. The maximum Gasteiger partial charge on any atom is 0.0946 e. The summed E-state index contributed by atoms with van der Waals surface area (Å²) in [4.78, 5) is 4.09. The Bertz CT molecular complexity index is 621. The molecule has 0 spiro atoms. The standard InChI is InChI=1S/C18H23ClN2O/c1-17(2)7-8-18(22,12-21-10-9-20-13-21)16(17)11-14-3-5-15(19)6-4-14/h3-6,9-10,13,16,22H,7-8,11-12H2,1-2H3. The van der Waals surface area contributed by atoms with Crippen LogP contribution in [0.4, 0.5) is 0 Å². The predicted molar refractivity (Wildman–Crippen MR) is 88.8 cm³/mol. The van der Waals surface area contributed by atoms with Crippen LogP contribution >= 0.6 is 11.6 Å². The van der Waals surface area contributed by atoms with Crippen molar-refractivity contribution < 1.29 is 5.11 Å². The molecule has 1 aromatic carbocycles. The van der Waals surface area contributed by atoms with E-state index in [1.54, 1.807) is 12.5 Å². The lowest BCUT2D eigenvalue weighted by Crippen LogP contribution is -2.42. The van der Waals surface area contributed by atoms with Gasteiger partial charge >= 0.3 is 0 Å². The van der Waals surface area contributed by atoms with Gasteiger partial charge in [-0.25, -0.2) is 4.98 Å². The lowest BCUT2D eigenvalue weighted by Gasteiger charge is -2.37. The molecular formula is C18H23ClN2O. The van der Waals surface area contributed by atoms with E-state index in [9.17, 15) is 5.11 Å². The van der Waals surface area contributed by atoms with Crippen LogP contribution in [0, 0.1) is 11.3 Å². The highest BCUT2D eigenvalue weighted by Gasteiger charge is 2.51. The van der Waals surface area contributed by atoms with Crippen LogP contribution in [-0.4, -0.2) is 20.3 Å². The van der Waals surface area contributed by atoms with Gasteiger partial charge in [0, 0.05) is 17.4 Å². The fourth-order valence-electron chi connectivity index (χ4n) is 3.82. The van der Waals surface area contributed by atoms with Gasteiger partial charge in [0.15, 0.2) is 0 Å². The summed E-state index contributed by atoms with van der Waals surface area (Å²) in [7, 11) is 0. The smallest absolute Gasteiger partial charge is 0.0946 e. The zero-order valence-electron chi connectivity index (χ0n) is 13.2. The second kappa shape index (κ2) is 5.71. The minimum absolute atomic E-state index is 0.120. The molecule has 0 radical (unpaired) electrons. The van der Waals surface area contributed by atoms with Gasteiger partial charge in [-0.2, -0.15) is 0 Å². The van der Waals surface area contributed by atoms with Gasteiger partial charge in [-0.1, -0.05) is 37.6 Å². The quantitative estimate of drug-likeness (QED) is 0.927. The van der Waals surface area contributed by atoms with Crippen LogP contribution in [0.2, 0.25) is 5.02 Å². The molecule has 0 aliphatic heterocycles. The number of nitrogens with zero attached hydrogens (tertiary/aromatic N) is 2. The van der Waals surface area contributed by atoms with E-state index in [0.29, 0.717) is 6.54 Å². The third-order valence-corrected chi connectivity index (χ3v) is 5.41. The molecule has 0 amide bonds. The van der Waals surface area contributed by atoms with Crippen molar-refractivity contribution in [2.45, 2.75) is 45.3 Å². The van der Waals surface area contributed by atoms with E-state index in [1.165, 1.54) is 5.56 Å². The highest BCUT2D eigenvalue weighted by Crippen LogP contribution is 2.51. The van der Waals surface area contributed by atoms with E-state index in [1.807, 2.05) is 22.9 Å². The first kappa shape index (κ1) is 15.6. The first-order valence-electron chi connectivity index (χ1n) is 7.82. The summed E-state index contributed by atoms with van der Waals surface area (Å²) in [6.07, 6.45) is 8.20. The van der Waals surface area contributed by atoms with Gasteiger partial charge in [0.05, 0.1) is 18.5 Å². The zero-order chi connectivity index (χ0) is 15.8. The van der Waals surface area contributed by atoms with Crippen molar-refractivity contribution in [1.82, 2.24) is 9.55 Å². The Morgan fingerprint density at radius 1 is 1.27 bits per heavy atom. The summed E-state index contributed by atoms with van der Waals surface area (Å²) in [5, 5.41) is 12.1. The molecule has 3 nitrogen and oxygen atoms in total. The predicted octanol–water partition coefficient (Wildman–Crippen LogP) is 3.95. The molecular weight excluding hydrogens is 296 g/mol. The van der Waals surface area contributed by atoms with Crippen LogP contribution < -0.4 is 0 Å². The summed E-state index contributed by atoms with van der Waals surface area (Å²) in [6.45, 7) is 5.13. The molecule has 1 aliphatic rings. The molecule has 1 N–H and O–H groups in total. The van der Waals surface area contributed by atoms with Crippen molar-refractivity contribution in [2.24, 2.45) is 11.3 Å². The second-order valence-corrected chi connectivity index (χ2v) is 7.65. The molecule has 2 atom stereocenters. The number of hydrogen-bond donors (Lipinski definition) is 1. The van der Waals surface area contributed by atoms with Gasteiger partial charge in [-0.3, -0.25) is 0 Å². The summed E-state index contributed by atoms with van der Waals surface area (Å²) >= 11 is 5.98.